The number of fused-ring (bicyclic) bond motifs is 3. The molecule has 2 N–H and O–H groups in total. The number of hydrogen-bond donors (Lipinski definition) is 2. The number of piperidine rings is 3. The summed E-state index contributed by atoms with van der Waals surface area (Å²) in [7, 11) is 3.05. The monoisotopic (exact) mass is 713 g/mol. The molecular weight excluding hydrogens is 679 g/mol. The Morgan fingerprint density at radius 2 is 1.81 bits per heavy atom. The highest BCUT2D eigenvalue weighted by atomic mass is 35.5. The van der Waals surface area contributed by atoms with E-state index in [0.717, 1.165) is 30.7 Å². The van der Waals surface area contributed by atoms with E-state index in [1.165, 1.54) is 48.9 Å². The van der Waals surface area contributed by atoms with Crippen molar-refractivity contribution in [2.24, 2.45) is 5.92 Å². The first-order valence-electron chi connectivity index (χ1n) is 15.4. The normalized spacial score (nSPS) is 19.0. The Morgan fingerprint density at radius 3 is 2.42 bits per heavy atom. The second-order valence-corrected chi connectivity index (χ2v) is 13.6. The third kappa shape index (κ3) is 7.17. The summed E-state index contributed by atoms with van der Waals surface area (Å²) in [6.07, 6.45) is 5.75. The molecule has 11 nitrogen and oxygen atoms in total. The number of thiazole rings is 1. The molecule has 2 atom stereocenters. The van der Waals surface area contributed by atoms with Crippen LogP contribution in [0.3, 0.4) is 0 Å². The predicted octanol–water partition coefficient (Wildman–Crippen LogP) is 6.30. The minimum Gasteiger partial charge on any atom is -0.493 e. The molecule has 0 saturated carbocycles. The third-order valence-corrected chi connectivity index (χ3v) is 10.5. The maximum atomic E-state index is 13.8. The number of pyridine rings is 1. The van der Waals surface area contributed by atoms with Gasteiger partial charge in [0.25, 0.3) is 0 Å². The van der Waals surface area contributed by atoms with Gasteiger partial charge in [-0.15, -0.1) is 11.3 Å². The number of methoxy groups -OCH3 is 2. The van der Waals surface area contributed by atoms with Crippen molar-refractivity contribution in [2.75, 3.05) is 38.8 Å². The van der Waals surface area contributed by atoms with E-state index >= 15 is 0 Å². The van der Waals surface area contributed by atoms with Crippen LogP contribution in [-0.2, 0) is 17.7 Å². The summed E-state index contributed by atoms with van der Waals surface area (Å²) in [6, 6.07) is 10.4. The van der Waals surface area contributed by atoms with Crippen molar-refractivity contribution in [3.63, 3.8) is 0 Å². The minimum atomic E-state index is -1.13. The lowest BCUT2D eigenvalue weighted by Crippen LogP contribution is -2.53. The van der Waals surface area contributed by atoms with Crippen LogP contribution in [0.2, 0.25) is 10.0 Å². The van der Waals surface area contributed by atoms with Crippen LogP contribution in [0.1, 0.15) is 51.4 Å². The molecule has 0 spiro atoms. The molecular formula is C34H35Cl2N4O7S+. The number of anilines is 1. The van der Waals surface area contributed by atoms with E-state index in [9.17, 15) is 19.9 Å². The second-order valence-electron chi connectivity index (χ2n) is 11.9. The highest BCUT2D eigenvalue weighted by Crippen LogP contribution is 2.39. The zero-order valence-corrected chi connectivity index (χ0v) is 28.7. The van der Waals surface area contributed by atoms with Crippen molar-refractivity contribution in [3.05, 3.63) is 98.2 Å². The molecule has 252 valence electrons. The summed E-state index contributed by atoms with van der Waals surface area (Å²) >= 11 is 14.4. The van der Waals surface area contributed by atoms with Gasteiger partial charge in [0.2, 0.25) is 12.4 Å². The van der Waals surface area contributed by atoms with Crippen molar-refractivity contribution in [3.8, 4) is 11.5 Å². The molecule has 2 aromatic carbocycles. The number of carbonyl (C=O) groups is 2. The second kappa shape index (κ2) is 14.6. The minimum absolute atomic E-state index is 0.0644. The molecule has 4 aromatic rings. The molecule has 0 unspecified atom stereocenters. The molecule has 3 aliphatic heterocycles. The van der Waals surface area contributed by atoms with Gasteiger partial charge in [-0.3, -0.25) is 10.1 Å². The number of hydrogen-bond acceptors (Lipinski definition) is 9. The highest BCUT2D eigenvalue weighted by Gasteiger charge is 2.38. The van der Waals surface area contributed by atoms with Crippen molar-refractivity contribution in [2.45, 2.75) is 37.8 Å². The SMILES string of the molecule is COc1ccc([C@H](Cc2c(Cl)c[n+](O)cc2Cl)c2cc(CN(C(=O)O[C@H]3CN4CCC3CC4)c3nccs3)ccc2C(=O)O)cc1OC. The quantitative estimate of drug-likeness (QED) is 0.136. The number of amides is 1. The number of aromatic carboxylic acids is 1. The topological polar surface area (TPSA) is 126 Å². The van der Waals surface area contributed by atoms with Gasteiger partial charge in [0.1, 0.15) is 16.1 Å². The zero-order chi connectivity index (χ0) is 33.9. The first kappa shape index (κ1) is 33.8. The van der Waals surface area contributed by atoms with Crippen LogP contribution in [0.5, 0.6) is 11.5 Å². The Bertz CT molecular complexity index is 1780. The number of carbonyl (C=O) groups excluding carboxylic acids is 1. The van der Waals surface area contributed by atoms with Gasteiger partial charge in [-0.05, 0) is 73.2 Å². The van der Waals surface area contributed by atoms with E-state index < -0.39 is 18.0 Å². The molecule has 0 aliphatic carbocycles. The smallest absolute Gasteiger partial charge is 0.416 e. The first-order valence-corrected chi connectivity index (χ1v) is 17.0. The summed E-state index contributed by atoms with van der Waals surface area (Å²) in [6.45, 7) is 2.85. The number of ether oxygens (including phenoxy) is 3. The van der Waals surface area contributed by atoms with Gasteiger partial charge in [0, 0.05) is 34.3 Å². The lowest BCUT2D eigenvalue weighted by Gasteiger charge is -2.44. The van der Waals surface area contributed by atoms with Gasteiger partial charge in [0.15, 0.2) is 16.6 Å². The average Bonchev–Trinajstić information content (AvgIpc) is 3.62. The van der Waals surface area contributed by atoms with E-state index in [1.54, 1.807) is 35.8 Å². The van der Waals surface area contributed by atoms with Crippen LogP contribution < -0.4 is 19.1 Å². The number of aromatic nitrogens is 2. The highest BCUT2D eigenvalue weighted by molar-refractivity contribution is 7.13. The molecule has 1 amide bonds. The molecule has 0 radical (unpaired) electrons. The summed E-state index contributed by atoms with van der Waals surface area (Å²) in [5.74, 6) is -0.439. The largest absolute Gasteiger partial charge is 0.493 e. The summed E-state index contributed by atoms with van der Waals surface area (Å²) in [5, 5.41) is 23.0. The molecule has 5 heterocycles. The van der Waals surface area contributed by atoms with E-state index in [2.05, 4.69) is 9.88 Å². The van der Waals surface area contributed by atoms with Crippen LogP contribution in [0.15, 0.2) is 60.4 Å². The molecule has 48 heavy (non-hydrogen) atoms. The van der Waals surface area contributed by atoms with Crippen molar-refractivity contribution < 1.29 is 38.8 Å². The number of rotatable bonds is 11. The van der Waals surface area contributed by atoms with E-state index in [0.29, 0.717) is 51.3 Å². The lowest BCUT2D eigenvalue weighted by atomic mass is 9.82. The number of benzene rings is 2. The first-order chi connectivity index (χ1) is 23.1. The number of halogens is 2. The molecule has 14 heteroatoms. The fourth-order valence-corrected chi connectivity index (χ4v) is 7.83. The Labute approximate surface area is 291 Å². The molecule has 3 aliphatic rings. The van der Waals surface area contributed by atoms with Gasteiger partial charge in [0.05, 0.1) is 26.3 Å². The van der Waals surface area contributed by atoms with Crippen molar-refractivity contribution in [1.82, 2.24) is 9.88 Å². The molecule has 3 fully saturated rings. The summed E-state index contributed by atoms with van der Waals surface area (Å²) < 4.78 is 17.9. The molecule has 2 aromatic heterocycles. The number of carboxylic acid groups (broad SMARTS) is 1. The Hall–Kier alpha value is -4.10. The average molecular weight is 715 g/mol. The van der Waals surface area contributed by atoms with Gasteiger partial charge in [-0.25, -0.2) is 19.5 Å². The lowest BCUT2D eigenvalue weighted by molar-refractivity contribution is -0.904. The van der Waals surface area contributed by atoms with Crippen LogP contribution in [-0.4, -0.2) is 72.2 Å². The van der Waals surface area contributed by atoms with Crippen molar-refractivity contribution >= 4 is 51.7 Å². The summed E-state index contributed by atoms with van der Waals surface area (Å²) in [5.41, 5.74) is 2.41. The van der Waals surface area contributed by atoms with Gasteiger partial charge in [-0.1, -0.05) is 41.4 Å². The fraction of sp³-hybridized carbons (Fsp3) is 0.353. The van der Waals surface area contributed by atoms with Gasteiger partial charge >= 0.3 is 12.1 Å². The molecule has 2 bridgehead atoms. The van der Waals surface area contributed by atoms with Crippen LogP contribution in [0.4, 0.5) is 9.93 Å². The predicted molar refractivity (Wildman–Crippen MR) is 180 cm³/mol. The third-order valence-electron chi connectivity index (χ3n) is 9.07. The number of carboxylic acids is 1. The van der Waals surface area contributed by atoms with E-state index in [-0.39, 0.29) is 34.7 Å². The maximum absolute atomic E-state index is 13.8. The Morgan fingerprint density at radius 1 is 1.08 bits per heavy atom. The fourth-order valence-electron chi connectivity index (χ4n) is 6.59. The van der Waals surface area contributed by atoms with Crippen LogP contribution in [0, 0.1) is 5.92 Å². The van der Waals surface area contributed by atoms with Crippen molar-refractivity contribution in [1.29, 1.82) is 0 Å². The zero-order valence-electron chi connectivity index (χ0n) is 26.3. The maximum Gasteiger partial charge on any atom is 0.416 e. The summed E-state index contributed by atoms with van der Waals surface area (Å²) in [4.78, 5) is 34.7. The van der Waals surface area contributed by atoms with E-state index in [1.807, 2.05) is 6.07 Å². The van der Waals surface area contributed by atoms with Gasteiger partial charge in [-0.2, -0.15) is 0 Å². The number of nitrogens with zero attached hydrogens (tertiary/aromatic N) is 4. The Balaban J connectivity index is 1.40. The Kier molecular flexibility index (Phi) is 10.3. The van der Waals surface area contributed by atoms with E-state index in [4.69, 9.17) is 37.4 Å². The van der Waals surface area contributed by atoms with Crippen LogP contribution >= 0.6 is 34.5 Å². The molecule has 7 rings (SSSR count). The van der Waals surface area contributed by atoms with Crippen LogP contribution in [0.25, 0.3) is 0 Å². The standard InChI is InChI=1S/C34H34Cl2N4O7S/c1-45-29-6-4-22(14-30(29)46-2)24(15-26-27(35)17-39(44)18-28(26)36)25-13-20(3-5-23(25)32(41)42)16-40(33-37-9-12-48-33)34(43)47-31-19-38-10-7-21(31)8-11-38/h3-6,9,12-14,17-18,21,24,31H,7-8,10-11,15-16,19H2,1-2H3,(H-,41,42,44)/p+1/t24-,31-/m0/s1. The molecule has 3 saturated heterocycles. The van der Waals surface area contributed by atoms with Gasteiger partial charge < -0.3 is 19.3 Å².